The zero-order valence-electron chi connectivity index (χ0n) is 15.3. The van der Waals surface area contributed by atoms with E-state index in [2.05, 4.69) is 20.8 Å². The summed E-state index contributed by atoms with van der Waals surface area (Å²) in [5.74, 6) is 0.269. The number of aliphatic carboxylic acids is 1. The number of hydrogen-bond donors (Lipinski definition) is 2. The Morgan fingerprint density at radius 2 is 2.08 bits per heavy atom. The molecule has 0 radical (unpaired) electrons. The van der Waals surface area contributed by atoms with Crippen molar-refractivity contribution < 1.29 is 19.7 Å². The number of ether oxygens (including phenoxy) is 1. The van der Waals surface area contributed by atoms with Gasteiger partial charge in [0.15, 0.2) is 0 Å². The summed E-state index contributed by atoms with van der Waals surface area (Å²) in [4.78, 5) is 11.4. The van der Waals surface area contributed by atoms with E-state index in [0.29, 0.717) is 18.4 Å². The Hall–Kier alpha value is -1.97. The summed E-state index contributed by atoms with van der Waals surface area (Å²) in [6.07, 6.45) is 7.27. The molecule has 0 saturated heterocycles. The Morgan fingerprint density at radius 3 is 2.76 bits per heavy atom. The van der Waals surface area contributed by atoms with Gasteiger partial charge in [0.05, 0.1) is 0 Å². The Labute approximate surface area is 149 Å². The van der Waals surface area contributed by atoms with Gasteiger partial charge >= 0.3 is 5.97 Å². The summed E-state index contributed by atoms with van der Waals surface area (Å²) in [5, 5.41) is 20.1. The van der Waals surface area contributed by atoms with Gasteiger partial charge in [-0.15, -0.1) is 0 Å². The highest BCUT2D eigenvalue weighted by atomic mass is 16.5. The number of aromatic hydroxyl groups is 1. The molecule has 1 aromatic carbocycles. The molecule has 4 heteroatoms. The van der Waals surface area contributed by atoms with Crippen molar-refractivity contribution in [2.75, 3.05) is 0 Å². The highest BCUT2D eigenvalue weighted by Gasteiger charge is 2.46. The number of phenolic OH excluding ortho intramolecular Hbond substituents is 1. The smallest absolute Gasteiger partial charge is 0.331 e. The maximum atomic E-state index is 11.4. The number of phenols is 1. The summed E-state index contributed by atoms with van der Waals surface area (Å²) in [7, 11) is 0. The van der Waals surface area contributed by atoms with E-state index in [-0.39, 0.29) is 23.2 Å². The third-order valence-electron chi connectivity index (χ3n) is 5.70. The van der Waals surface area contributed by atoms with Crippen LogP contribution < -0.4 is 4.74 Å². The van der Waals surface area contributed by atoms with Crippen molar-refractivity contribution >= 4 is 5.97 Å². The second-order valence-electron chi connectivity index (χ2n) is 7.88. The average Bonchev–Trinajstić information content (AvgIpc) is 2.53. The van der Waals surface area contributed by atoms with E-state index < -0.39 is 5.97 Å². The van der Waals surface area contributed by atoms with Gasteiger partial charge in [0.25, 0.3) is 0 Å². The molecule has 4 nitrogen and oxygen atoms in total. The van der Waals surface area contributed by atoms with Gasteiger partial charge in [0.1, 0.15) is 17.1 Å². The van der Waals surface area contributed by atoms with Crippen molar-refractivity contribution in [1.29, 1.82) is 0 Å². The molecule has 1 heterocycles. The van der Waals surface area contributed by atoms with Crippen LogP contribution in [0.25, 0.3) is 0 Å². The van der Waals surface area contributed by atoms with Crippen molar-refractivity contribution in [3.05, 3.63) is 34.9 Å². The average molecular weight is 344 g/mol. The van der Waals surface area contributed by atoms with Crippen LogP contribution in [0.2, 0.25) is 0 Å². The van der Waals surface area contributed by atoms with Gasteiger partial charge in [-0.1, -0.05) is 25.8 Å². The standard InChI is InChI=1S/C21H28O4/c1-4-5-6-7-13-10-17(22)19-15-12-14(20(23)24)8-9-16(15)21(2,3)25-18(19)11-13/h8,10-11,15-16,22H,4-7,9,12H2,1-3H3,(H,23,24). The molecule has 0 spiro atoms. The molecule has 2 N–H and O–H groups in total. The molecular weight excluding hydrogens is 316 g/mol. The Morgan fingerprint density at radius 1 is 1.32 bits per heavy atom. The van der Waals surface area contributed by atoms with Crippen LogP contribution in [0.3, 0.4) is 0 Å². The van der Waals surface area contributed by atoms with Crippen LogP contribution in [0.1, 0.15) is 69.9 Å². The number of unbranched alkanes of at least 4 members (excludes halogenated alkanes) is 2. The van der Waals surface area contributed by atoms with E-state index in [1.54, 1.807) is 0 Å². The van der Waals surface area contributed by atoms with E-state index in [0.717, 1.165) is 36.1 Å². The molecule has 2 aliphatic rings. The number of carboxylic acid groups (broad SMARTS) is 1. The van der Waals surface area contributed by atoms with Gasteiger partial charge in [-0.05, 0) is 57.2 Å². The number of fused-ring (bicyclic) bond motifs is 3. The van der Waals surface area contributed by atoms with Crippen molar-refractivity contribution in [3.8, 4) is 11.5 Å². The maximum Gasteiger partial charge on any atom is 0.331 e. The van der Waals surface area contributed by atoms with Crippen molar-refractivity contribution in [2.24, 2.45) is 5.92 Å². The predicted molar refractivity (Wildman–Crippen MR) is 97.2 cm³/mol. The van der Waals surface area contributed by atoms with Crippen LogP contribution in [-0.4, -0.2) is 21.8 Å². The molecule has 0 bridgehead atoms. The zero-order valence-corrected chi connectivity index (χ0v) is 15.3. The zero-order chi connectivity index (χ0) is 18.2. The molecule has 0 saturated carbocycles. The van der Waals surface area contributed by atoms with Gasteiger partial charge in [-0.25, -0.2) is 4.79 Å². The number of allylic oxidation sites excluding steroid dienone is 1. The molecule has 2 atom stereocenters. The fraction of sp³-hybridized carbons (Fsp3) is 0.571. The van der Waals surface area contributed by atoms with Gasteiger partial charge < -0.3 is 14.9 Å². The largest absolute Gasteiger partial charge is 0.508 e. The minimum atomic E-state index is -0.861. The summed E-state index contributed by atoms with van der Waals surface area (Å²) < 4.78 is 6.28. The third kappa shape index (κ3) is 3.39. The van der Waals surface area contributed by atoms with Crippen LogP contribution in [0.15, 0.2) is 23.8 Å². The molecule has 0 amide bonds. The summed E-state index contributed by atoms with van der Waals surface area (Å²) in [6.45, 7) is 6.30. The lowest BCUT2D eigenvalue weighted by atomic mass is 9.67. The topological polar surface area (TPSA) is 66.8 Å². The molecular formula is C21H28O4. The lowest BCUT2D eigenvalue weighted by Gasteiger charge is -2.46. The number of benzene rings is 1. The SMILES string of the molecule is CCCCCc1cc(O)c2c(c1)OC(C)(C)C1CC=C(C(=O)O)CC21. The highest BCUT2D eigenvalue weighted by Crippen LogP contribution is 2.54. The Kier molecular flexibility index (Phi) is 4.81. The molecule has 1 aliphatic heterocycles. The first kappa shape index (κ1) is 17.8. The fourth-order valence-electron chi connectivity index (χ4n) is 4.35. The van der Waals surface area contributed by atoms with Crippen LogP contribution >= 0.6 is 0 Å². The van der Waals surface area contributed by atoms with Crippen molar-refractivity contribution in [3.63, 3.8) is 0 Å². The molecule has 25 heavy (non-hydrogen) atoms. The second-order valence-corrected chi connectivity index (χ2v) is 7.88. The molecule has 3 rings (SSSR count). The van der Waals surface area contributed by atoms with Crippen LogP contribution in [0.5, 0.6) is 11.5 Å². The Balaban J connectivity index is 1.97. The van der Waals surface area contributed by atoms with E-state index in [1.807, 2.05) is 18.2 Å². The van der Waals surface area contributed by atoms with E-state index in [9.17, 15) is 15.0 Å². The lowest BCUT2D eigenvalue weighted by molar-refractivity contribution is -0.133. The molecule has 136 valence electrons. The highest BCUT2D eigenvalue weighted by molar-refractivity contribution is 5.87. The van der Waals surface area contributed by atoms with Gasteiger partial charge in [-0.3, -0.25) is 0 Å². The molecule has 1 aliphatic carbocycles. The van der Waals surface area contributed by atoms with Gasteiger partial charge in [0, 0.05) is 23.0 Å². The van der Waals surface area contributed by atoms with E-state index in [4.69, 9.17) is 4.74 Å². The minimum absolute atomic E-state index is 0.0143. The molecule has 2 unspecified atom stereocenters. The van der Waals surface area contributed by atoms with Crippen LogP contribution in [0.4, 0.5) is 0 Å². The summed E-state index contributed by atoms with van der Waals surface area (Å²) in [6, 6.07) is 3.88. The summed E-state index contributed by atoms with van der Waals surface area (Å²) >= 11 is 0. The van der Waals surface area contributed by atoms with E-state index >= 15 is 0 Å². The third-order valence-corrected chi connectivity index (χ3v) is 5.70. The van der Waals surface area contributed by atoms with Crippen LogP contribution in [-0.2, 0) is 11.2 Å². The molecule has 1 aromatic rings. The second kappa shape index (κ2) is 6.74. The first-order chi connectivity index (χ1) is 11.8. The first-order valence-corrected chi connectivity index (χ1v) is 9.30. The molecule has 0 fully saturated rings. The maximum absolute atomic E-state index is 11.4. The summed E-state index contributed by atoms with van der Waals surface area (Å²) in [5.41, 5.74) is 1.93. The van der Waals surface area contributed by atoms with Crippen LogP contribution in [0, 0.1) is 5.92 Å². The monoisotopic (exact) mass is 344 g/mol. The minimum Gasteiger partial charge on any atom is -0.508 e. The quantitative estimate of drug-likeness (QED) is 0.753. The molecule has 0 aromatic heterocycles. The van der Waals surface area contributed by atoms with Crippen molar-refractivity contribution in [1.82, 2.24) is 0 Å². The number of carbonyl (C=O) groups is 1. The normalized spacial score (nSPS) is 23.9. The predicted octanol–water partition coefficient (Wildman–Crippen LogP) is 4.80. The van der Waals surface area contributed by atoms with E-state index in [1.165, 1.54) is 6.42 Å². The fourth-order valence-corrected chi connectivity index (χ4v) is 4.35. The number of aryl methyl sites for hydroxylation is 1. The van der Waals surface area contributed by atoms with Gasteiger partial charge in [-0.2, -0.15) is 0 Å². The number of hydrogen-bond acceptors (Lipinski definition) is 3. The first-order valence-electron chi connectivity index (χ1n) is 9.30. The number of carboxylic acids is 1. The lowest BCUT2D eigenvalue weighted by Crippen LogP contribution is -2.45. The van der Waals surface area contributed by atoms with Crippen molar-refractivity contribution in [2.45, 2.75) is 70.8 Å². The Bertz CT molecular complexity index is 702. The number of rotatable bonds is 5. The van der Waals surface area contributed by atoms with Gasteiger partial charge in [0.2, 0.25) is 0 Å².